The fourth-order valence-electron chi connectivity index (χ4n) is 7.35. The molecule has 1 atom stereocenters. The van der Waals surface area contributed by atoms with Crippen LogP contribution in [0.1, 0.15) is 231 Å². The highest BCUT2D eigenvalue weighted by atomic mass is 16.5. The van der Waals surface area contributed by atoms with Crippen LogP contribution in [-0.2, 0) is 14.4 Å². The maximum Gasteiger partial charge on any atom is 0.311 e. The summed E-state index contributed by atoms with van der Waals surface area (Å²) in [5.41, 5.74) is 0.934. The van der Waals surface area contributed by atoms with Crippen LogP contribution < -0.4 is 18.9 Å². The molecule has 0 aliphatic carbocycles. The van der Waals surface area contributed by atoms with Gasteiger partial charge in [0.25, 0.3) is 0 Å². The largest absolute Gasteiger partial charge is 0.497 e. The topological polar surface area (TPSA) is 108 Å². The second-order valence-corrected chi connectivity index (χ2v) is 16.6. The molecule has 1 N–H and O–H groups in total. The van der Waals surface area contributed by atoms with E-state index in [0.717, 1.165) is 57.8 Å². The molecule has 0 aliphatic rings. The Bertz CT molecular complexity index is 1470. The van der Waals surface area contributed by atoms with Gasteiger partial charge in [-0.25, -0.2) is 0 Å². The average molecular weight is 835 g/mol. The number of hydrogen-bond donors (Lipinski definition) is 1. The van der Waals surface area contributed by atoms with E-state index in [1.54, 1.807) is 48.6 Å². The zero-order valence-electron chi connectivity index (χ0n) is 38.2. The number of methoxy groups -OCH3 is 1. The second kappa shape index (κ2) is 35.0. The Balaban J connectivity index is 2.07. The van der Waals surface area contributed by atoms with Gasteiger partial charge in [0, 0.05) is 42.5 Å². The lowest BCUT2D eigenvalue weighted by molar-refractivity contribution is -0.135. The predicted molar refractivity (Wildman–Crippen MR) is 246 cm³/mol. The molecule has 0 saturated carbocycles. The van der Waals surface area contributed by atoms with Crippen LogP contribution >= 0.6 is 0 Å². The summed E-state index contributed by atoms with van der Waals surface area (Å²) in [6.07, 6.45) is 34.1. The van der Waals surface area contributed by atoms with E-state index < -0.39 is 6.10 Å². The molecule has 2 rings (SSSR count). The first-order valence-electron chi connectivity index (χ1n) is 24.1. The Labute approximate surface area is 364 Å². The van der Waals surface area contributed by atoms with Crippen molar-refractivity contribution in [2.45, 2.75) is 219 Å². The lowest BCUT2D eigenvalue weighted by atomic mass is 10.1. The van der Waals surface area contributed by atoms with Crippen LogP contribution in [0, 0.1) is 0 Å². The summed E-state index contributed by atoms with van der Waals surface area (Å²) in [5.74, 6) is 0.253. The van der Waals surface area contributed by atoms with Gasteiger partial charge in [-0.1, -0.05) is 187 Å². The zero-order chi connectivity index (χ0) is 43.5. The summed E-state index contributed by atoms with van der Waals surface area (Å²) in [6, 6.07) is 9.95. The molecule has 8 nitrogen and oxygen atoms in total. The van der Waals surface area contributed by atoms with Crippen molar-refractivity contribution in [1.82, 2.24) is 0 Å². The fraction of sp³-hybridized carbons (Fsp3) is 0.673. The summed E-state index contributed by atoms with van der Waals surface area (Å²) < 4.78 is 22.7. The van der Waals surface area contributed by atoms with E-state index in [1.807, 2.05) is 0 Å². The molecule has 0 amide bonds. The van der Waals surface area contributed by atoms with Gasteiger partial charge < -0.3 is 24.1 Å². The SMILES string of the molecule is CCCCCCCCCCCC(=O)Oc1ccc(C=CC(O)c2ccc(OC)cc2OC(=O)CCCCCCCCCCC)c(OC(=O)CCCCCCCCCCC)c1. The van der Waals surface area contributed by atoms with Gasteiger partial charge in [-0.2, -0.15) is 0 Å². The van der Waals surface area contributed by atoms with Gasteiger partial charge in [0.15, 0.2) is 0 Å². The van der Waals surface area contributed by atoms with Crippen LogP contribution in [0.25, 0.3) is 6.08 Å². The molecule has 0 fully saturated rings. The third-order valence-electron chi connectivity index (χ3n) is 11.1. The van der Waals surface area contributed by atoms with Gasteiger partial charge in [0.1, 0.15) is 29.1 Å². The van der Waals surface area contributed by atoms with Crippen molar-refractivity contribution in [3.8, 4) is 23.0 Å². The molecule has 0 saturated heterocycles. The van der Waals surface area contributed by atoms with Gasteiger partial charge in [0.2, 0.25) is 0 Å². The maximum absolute atomic E-state index is 13.1. The summed E-state index contributed by atoms with van der Waals surface area (Å²) >= 11 is 0. The highest BCUT2D eigenvalue weighted by Gasteiger charge is 2.17. The standard InChI is InChI=1S/C52H82O8/c1-5-8-11-14-17-20-23-26-29-32-50(54)58-45-37-35-43(48(42-45)59-51(55)33-30-27-24-21-18-15-12-9-6-2)36-40-47(53)46-39-38-44(57-4)41-49(46)60-52(56)34-31-28-25-22-19-16-13-10-7-3/h35-42,47,53H,5-34H2,1-4H3. The lowest BCUT2D eigenvalue weighted by Gasteiger charge is -2.15. The molecule has 1 unspecified atom stereocenters. The first-order valence-corrected chi connectivity index (χ1v) is 24.1. The van der Waals surface area contributed by atoms with Gasteiger partial charge in [-0.3, -0.25) is 14.4 Å². The van der Waals surface area contributed by atoms with Crippen molar-refractivity contribution >= 4 is 24.0 Å². The van der Waals surface area contributed by atoms with Crippen LogP contribution in [0.4, 0.5) is 0 Å². The molecule has 0 aliphatic heterocycles. The highest BCUT2D eigenvalue weighted by Crippen LogP contribution is 2.33. The molecule has 0 aromatic heterocycles. The Morgan fingerprint density at radius 2 is 0.850 bits per heavy atom. The van der Waals surface area contributed by atoms with E-state index in [9.17, 15) is 19.5 Å². The number of carbonyl (C=O) groups excluding carboxylic acids is 3. The molecule has 2 aromatic carbocycles. The minimum Gasteiger partial charge on any atom is -0.497 e. The first kappa shape index (κ1) is 52.5. The van der Waals surface area contributed by atoms with E-state index in [2.05, 4.69) is 20.8 Å². The number of aliphatic hydroxyl groups excluding tert-OH is 1. The van der Waals surface area contributed by atoms with Crippen molar-refractivity contribution in [2.75, 3.05) is 7.11 Å². The van der Waals surface area contributed by atoms with E-state index in [1.165, 1.54) is 123 Å². The molecular formula is C52H82O8. The van der Waals surface area contributed by atoms with E-state index in [4.69, 9.17) is 18.9 Å². The molecule has 8 heteroatoms. The lowest BCUT2D eigenvalue weighted by Crippen LogP contribution is -2.11. The Hall–Kier alpha value is -3.65. The Kier molecular flexibility index (Phi) is 30.6. The number of hydrogen-bond acceptors (Lipinski definition) is 8. The molecule has 60 heavy (non-hydrogen) atoms. The van der Waals surface area contributed by atoms with Gasteiger partial charge in [0.05, 0.1) is 7.11 Å². The third-order valence-corrected chi connectivity index (χ3v) is 11.1. The number of ether oxygens (including phenoxy) is 4. The van der Waals surface area contributed by atoms with E-state index in [0.29, 0.717) is 35.5 Å². The van der Waals surface area contributed by atoms with Crippen molar-refractivity contribution in [1.29, 1.82) is 0 Å². The summed E-state index contributed by atoms with van der Waals surface area (Å²) in [5, 5.41) is 11.4. The molecular weight excluding hydrogens is 753 g/mol. The van der Waals surface area contributed by atoms with Crippen molar-refractivity contribution in [2.24, 2.45) is 0 Å². The van der Waals surface area contributed by atoms with Gasteiger partial charge >= 0.3 is 17.9 Å². The van der Waals surface area contributed by atoms with Gasteiger partial charge in [-0.05, 0) is 43.5 Å². The van der Waals surface area contributed by atoms with E-state index in [-0.39, 0.29) is 35.8 Å². The monoisotopic (exact) mass is 835 g/mol. The quantitative estimate of drug-likeness (QED) is 0.0407. The number of esters is 3. The predicted octanol–water partition coefficient (Wildman–Crippen LogP) is 14.9. The normalized spacial score (nSPS) is 11.8. The molecule has 0 spiro atoms. The Morgan fingerprint density at radius 3 is 1.28 bits per heavy atom. The number of benzene rings is 2. The van der Waals surface area contributed by atoms with Crippen molar-refractivity contribution in [3.63, 3.8) is 0 Å². The molecule has 338 valence electrons. The zero-order valence-corrected chi connectivity index (χ0v) is 38.2. The number of rotatable bonds is 37. The number of aliphatic hydroxyl groups is 1. The van der Waals surface area contributed by atoms with Crippen molar-refractivity contribution in [3.05, 3.63) is 53.6 Å². The molecule has 2 aromatic rings. The summed E-state index contributed by atoms with van der Waals surface area (Å²) in [6.45, 7) is 6.67. The molecule has 0 bridgehead atoms. The summed E-state index contributed by atoms with van der Waals surface area (Å²) in [7, 11) is 1.54. The maximum atomic E-state index is 13.1. The van der Waals surface area contributed by atoms with Crippen LogP contribution in [0.15, 0.2) is 42.5 Å². The minimum atomic E-state index is -1.15. The van der Waals surface area contributed by atoms with Gasteiger partial charge in [-0.15, -0.1) is 0 Å². The highest BCUT2D eigenvalue weighted by molar-refractivity contribution is 5.76. The number of carbonyl (C=O) groups is 3. The summed E-state index contributed by atoms with van der Waals surface area (Å²) in [4.78, 5) is 38.8. The minimum absolute atomic E-state index is 0.231. The van der Waals surface area contributed by atoms with Crippen LogP contribution in [0.2, 0.25) is 0 Å². The molecule has 0 heterocycles. The second-order valence-electron chi connectivity index (χ2n) is 16.6. The first-order chi connectivity index (χ1) is 29.3. The number of unbranched alkanes of at least 4 members (excludes halogenated alkanes) is 24. The molecule has 0 radical (unpaired) electrons. The van der Waals surface area contributed by atoms with Crippen LogP contribution in [0.5, 0.6) is 23.0 Å². The van der Waals surface area contributed by atoms with E-state index >= 15 is 0 Å². The Morgan fingerprint density at radius 1 is 0.483 bits per heavy atom. The van der Waals surface area contributed by atoms with Crippen LogP contribution in [-0.4, -0.2) is 30.1 Å². The van der Waals surface area contributed by atoms with Crippen LogP contribution in [0.3, 0.4) is 0 Å². The third kappa shape index (κ3) is 25.2. The average Bonchev–Trinajstić information content (AvgIpc) is 3.24. The van der Waals surface area contributed by atoms with Crippen molar-refractivity contribution < 1.29 is 38.4 Å². The smallest absolute Gasteiger partial charge is 0.311 e. The fourth-order valence-corrected chi connectivity index (χ4v) is 7.35.